The molecule has 1 atom stereocenters. The van der Waals surface area contributed by atoms with Gasteiger partial charge in [-0.3, -0.25) is 0 Å². The lowest BCUT2D eigenvalue weighted by atomic mass is 10.1. The van der Waals surface area contributed by atoms with E-state index in [2.05, 4.69) is 23.3 Å². The van der Waals surface area contributed by atoms with Gasteiger partial charge in [0.2, 0.25) is 0 Å². The van der Waals surface area contributed by atoms with Crippen LogP contribution in [0.4, 0.5) is 0 Å². The fraction of sp³-hybridized carbons (Fsp3) is 0.333. The molecule has 0 bridgehead atoms. The van der Waals surface area contributed by atoms with Gasteiger partial charge in [-0.2, -0.15) is 0 Å². The molecular weight excluding hydrogens is 234 g/mol. The molecule has 0 aromatic heterocycles. The van der Waals surface area contributed by atoms with Crippen LogP contribution in [0.1, 0.15) is 11.6 Å². The lowest BCUT2D eigenvalue weighted by Crippen LogP contribution is -2.14. The Morgan fingerprint density at radius 3 is 2.21 bits per heavy atom. The van der Waals surface area contributed by atoms with Gasteiger partial charge in [0.1, 0.15) is 0 Å². The van der Waals surface area contributed by atoms with Gasteiger partial charge < -0.3 is 10.8 Å². The van der Waals surface area contributed by atoms with Crippen molar-refractivity contribution in [2.45, 2.75) is 10.9 Å². The predicted octanol–water partition coefficient (Wildman–Crippen LogP) is 2.16. The first-order valence-electron chi connectivity index (χ1n) is 4.15. The van der Waals surface area contributed by atoms with Gasteiger partial charge >= 0.3 is 0 Å². The quantitative estimate of drug-likeness (QED) is 0.490. The minimum absolute atomic E-state index is 0.0365. The molecule has 0 fully saturated rings. The van der Waals surface area contributed by atoms with Crippen molar-refractivity contribution >= 4 is 31.4 Å². The smallest absolute Gasteiger partial charge is 0.0624 e. The zero-order chi connectivity index (χ0) is 10.8. The number of thiol groups is 2. The van der Waals surface area contributed by atoms with Gasteiger partial charge in [0.15, 0.2) is 0 Å². The third-order valence-corrected chi connectivity index (χ3v) is 4.38. The second kappa shape index (κ2) is 4.81. The normalized spacial score (nSPS) is 15.2. The highest BCUT2D eigenvalue weighted by molar-refractivity contribution is 9.17. The van der Waals surface area contributed by atoms with Crippen LogP contribution in [-0.2, 0) is 0 Å². The Labute approximate surface area is 95.8 Å². The number of benzene rings is 1. The second-order valence-corrected chi connectivity index (χ2v) is 10.6. The van der Waals surface area contributed by atoms with Gasteiger partial charge in [0.05, 0.1) is 12.6 Å². The number of nitrogens with two attached hydrogens (primary N) is 1. The molecule has 0 aliphatic heterocycles. The summed E-state index contributed by atoms with van der Waals surface area (Å²) in [7, 11) is -1.27. The SMILES string of the molecule is CS(S)(S)c1ccc(C(N)CO)cc1. The number of aliphatic hydroxyl groups is 1. The van der Waals surface area contributed by atoms with Crippen LogP contribution in [-0.4, -0.2) is 18.0 Å². The molecule has 1 unspecified atom stereocenters. The van der Waals surface area contributed by atoms with E-state index in [1.54, 1.807) is 0 Å². The Bertz CT molecular complexity index is 294. The highest BCUT2D eigenvalue weighted by Gasteiger charge is 2.11. The van der Waals surface area contributed by atoms with Gasteiger partial charge in [-0.1, -0.05) is 12.1 Å². The minimum Gasteiger partial charge on any atom is -0.394 e. The third-order valence-electron chi connectivity index (χ3n) is 1.95. The van der Waals surface area contributed by atoms with Crippen LogP contribution in [0.3, 0.4) is 0 Å². The van der Waals surface area contributed by atoms with E-state index in [1.807, 2.05) is 30.5 Å². The van der Waals surface area contributed by atoms with Crippen molar-refractivity contribution in [3.05, 3.63) is 29.8 Å². The predicted molar refractivity (Wildman–Crippen MR) is 70.2 cm³/mol. The Morgan fingerprint density at radius 1 is 1.36 bits per heavy atom. The van der Waals surface area contributed by atoms with Crippen molar-refractivity contribution in [2.75, 3.05) is 12.9 Å². The van der Waals surface area contributed by atoms with Crippen LogP contribution >= 0.6 is 31.4 Å². The average molecular weight is 249 g/mol. The zero-order valence-electron chi connectivity index (χ0n) is 7.92. The number of hydrogen-bond donors (Lipinski definition) is 4. The van der Waals surface area contributed by atoms with E-state index in [0.29, 0.717) is 0 Å². The molecule has 80 valence electrons. The Hall–Kier alpha value is 0.190. The lowest BCUT2D eigenvalue weighted by Gasteiger charge is -2.23. The summed E-state index contributed by atoms with van der Waals surface area (Å²) in [6, 6.07) is 7.44. The molecule has 1 aromatic carbocycles. The summed E-state index contributed by atoms with van der Waals surface area (Å²) in [5.74, 6) is 0. The van der Waals surface area contributed by atoms with Gasteiger partial charge in [-0.25, -0.2) is 0 Å². The highest BCUT2D eigenvalue weighted by atomic mass is 33.5. The van der Waals surface area contributed by atoms with Crippen molar-refractivity contribution < 1.29 is 5.11 Å². The number of rotatable bonds is 3. The molecular formula is C9H15NOS3. The Balaban J connectivity index is 2.89. The maximum atomic E-state index is 8.87. The molecule has 5 heteroatoms. The molecule has 0 saturated carbocycles. The minimum atomic E-state index is -1.27. The molecule has 0 radical (unpaired) electrons. The maximum Gasteiger partial charge on any atom is 0.0624 e. The first-order valence-corrected chi connectivity index (χ1v) is 8.29. The second-order valence-electron chi connectivity index (χ2n) is 3.19. The molecule has 0 amide bonds. The topological polar surface area (TPSA) is 46.2 Å². The zero-order valence-corrected chi connectivity index (χ0v) is 10.5. The molecule has 1 rings (SSSR count). The van der Waals surface area contributed by atoms with E-state index < -0.39 is 8.09 Å². The number of aliphatic hydroxyl groups excluding tert-OH is 1. The molecule has 0 heterocycles. The highest BCUT2D eigenvalue weighted by Crippen LogP contribution is 2.60. The van der Waals surface area contributed by atoms with Crippen molar-refractivity contribution in [1.82, 2.24) is 0 Å². The molecule has 0 aliphatic rings. The van der Waals surface area contributed by atoms with E-state index in [-0.39, 0.29) is 12.6 Å². The maximum absolute atomic E-state index is 8.87. The van der Waals surface area contributed by atoms with Crippen molar-refractivity contribution in [1.29, 1.82) is 0 Å². The molecule has 0 spiro atoms. The fourth-order valence-corrected chi connectivity index (χ4v) is 2.46. The summed E-state index contributed by atoms with van der Waals surface area (Å²) in [5.41, 5.74) is 6.60. The average Bonchev–Trinajstić information content (AvgIpc) is 2.15. The Kier molecular flexibility index (Phi) is 4.21. The van der Waals surface area contributed by atoms with Crippen molar-refractivity contribution in [3.8, 4) is 0 Å². The van der Waals surface area contributed by atoms with E-state index in [0.717, 1.165) is 10.5 Å². The third kappa shape index (κ3) is 3.10. The molecule has 3 N–H and O–H groups in total. The van der Waals surface area contributed by atoms with Crippen LogP contribution in [0.5, 0.6) is 0 Å². The molecule has 0 saturated heterocycles. The summed E-state index contributed by atoms with van der Waals surface area (Å²) in [4.78, 5) is 1.10. The van der Waals surface area contributed by atoms with E-state index >= 15 is 0 Å². The summed E-state index contributed by atoms with van der Waals surface area (Å²) >= 11 is 8.84. The molecule has 1 aromatic rings. The Morgan fingerprint density at radius 2 is 1.86 bits per heavy atom. The lowest BCUT2D eigenvalue weighted by molar-refractivity contribution is 0.268. The van der Waals surface area contributed by atoms with Crippen molar-refractivity contribution in [3.63, 3.8) is 0 Å². The summed E-state index contributed by atoms with van der Waals surface area (Å²) in [6.07, 6.45) is 1.99. The summed E-state index contributed by atoms with van der Waals surface area (Å²) in [5, 5.41) is 8.87. The fourth-order valence-electron chi connectivity index (χ4n) is 1.08. The van der Waals surface area contributed by atoms with Crippen LogP contribution in [0.25, 0.3) is 0 Å². The van der Waals surface area contributed by atoms with Crippen LogP contribution in [0.2, 0.25) is 0 Å². The standard InChI is InChI=1S/C9H15NOS3/c1-14(12,13)8-4-2-7(3-5-8)9(10)6-11/h2-5,9,11-13H,6,10H2,1H3. The van der Waals surface area contributed by atoms with E-state index in [9.17, 15) is 0 Å². The van der Waals surface area contributed by atoms with Crippen LogP contribution in [0, 0.1) is 0 Å². The van der Waals surface area contributed by atoms with Gasteiger partial charge in [-0.15, -0.1) is 31.4 Å². The first kappa shape index (κ1) is 12.3. The van der Waals surface area contributed by atoms with Crippen LogP contribution in [0.15, 0.2) is 29.2 Å². The van der Waals surface area contributed by atoms with Crippen LogP contribution < -0.4 is 5.73 Å². The summed E-state index contributed by atoms with van der Waals surface area (Å²) < 4.78 is 0. The largest absolute Gasteiger partial charge is 0.394 e. The summed E-state index contributed by atoms with van der Waals surface area (Å²) in [6.45, 7) is -0.0365. The van der Waals surface area contributed by atoms with Gasteiger partial charge in [-0.05, 0) is 24.0 Å². The van der Waals surface area contributed by atoms with E-state index in [1.165, 1.54) is 0 Å². The van der Waals surface area contributed by atoms with Gasteiger partial charge in [0.25, 0.3) is 0 Å². The molecule has 2 nitrogen and oxygen atoms in total. The molecule has 14 heavy (non-hydrogen) atoms. The number of hydrogen-bond acceptors (Lipinski definition) is 4. The van der Waals surface area contributed by atoms with E-state index in [4.69, 9.17) is 10.8 Å². The first-order chi connectivity index (χ1) is 6.45. The molecule has 0 aliphatic carbocycles. The monoisotopic (exact) mass is 249 g/mol. The van der Waals surface area contributed by atoms with Crippen molar-refractivity contribution in [2.24, 2.45) is 5.73 Å². The van der Waals surface area contributed by atoms with Gasteiger partial charge in [0, 0.05) is 4.90 Å².